The van der Waals surface area contributed by atoms with E-state index >= 15 is 0 Å². The van der Waals surface area contributed by atoms with Crippen molar-refractivity contribution in [2.24, 2.45) is 0 Å². The standard InChI is InChI=1S/C13H12FN3OS/c1-18-8-4-5-9-19-13-15-12(16-17-13)10-6-2-3-7-11(10)14/h2-3,6-7H,8-9H2,1H3,(H,15,16,17). The minimum absolute atomic E-state index is 0.324. The summed E-state index contributed by atoms with van der Waals surface area (Å²) < 4.78 is 18.4. The molecule has 19 heavy (non-hydrogen) atoms. The molecule has 0 unspecified atom stereocenters. The zero-order chi connectivity index (χ0) is 13.5. The van der Waals surface area contributed by atoms with Crippen LogP contribution in [0, 0.1) is 17.7 Å². The zero-order valence-electron chi connectivity index (χ0n) is 10.3. The number of methoxy groups -OCH3 is 1. The summed E-state index contributed by atoms with van der Waals surface area (Å²) in [4.78, 5) is 4.22. The van der Waals surface area contributed by atoms with Crippen LogP contribution >= 0.6 is 11.8 Å². The first-order chi connectivity index (χ1) is 9.31. The molecule has 0 atom stereocenters. The molecule has 0 aliphatic heterocycles. The largest absolute Gasteiger partial charge is 0.372 e. The van der Waals surface area contributed by atoms with E-state index in [4.69, 9.17) is 4.74 Å². The lowest BCUT2D eigenvalue weighted by Gasteiger charge is -1.96. The molecule has 0 aliphatic carbocycles. The smallest absolute Gasteiger partial charge is 0.209 e. The van der Waals surface area contributed by atoms with Gasteiger partial charge in [0.05, 0.1) is 11.3 Å². The molecule has 0 bridgehead atoms. The van der Waals surface area contributed by atoms with Crippen molar-refractivity contribution in [1.82, 2.24) is 15.2 Å². The Morgan fingerprint density at radius 2 is 2.21 bits per heavy atom. The van der Waals surface area contributed by atoms with E-state index < -0.39 is 0 Å². The summed E-state index contributed by atoms with van der Waals surface area (Å²) in [5, 5.41) is 7.28. The van der Waals surface area contributed by atoms with Crippen molar-refractivity contribution in [1.29, 1.82) is 0 Å². The molecule has 1 aromatic heterocycles. The van der Waals surface area contributed by atoms with Gasteiger partial charge in [-0.1, -0.05) is 35.7 Å². The molecule has 1 heterocycles. The Bertz CT molecular complexity index is 603. The number of halogens is 1. The molecule has 98 valence electrons. The highest BCUT2D eigenvalue weighted by atomic mass is 32.2. The van der Waals surface area contributed by atoms with Crippen molar-refractivity contribution in [3.63, 3.8) is 0 Å². The van der Waals surface area contributed by atoms with Gasteiger partial charge in [0, 0.05) is 7.11 Å². The Kier molecular flexibility index (Phi) is 4.95. The molecule has 1 aromatic carbocycles. The second-order valence-electron chi connectivity index (χ2n) is 3.52. The molecular weight excluding hydrogens is 265 g/mol. The molecule has 0 aliphatic rings. The number of nitrogens with zero attached hydrogens (tertiary/aromatic N) is 2. The second kappa shape index (κ2) is 6.92. The Labute approximate surface area is 114 Å². The second-order valence-corrected chi connectivity index (χ2v) is 4.46. The number of H-pyrrole nitrogens is 1. The van der Waals surface area contributed by atoms with Crippen molar-refractivity contribution >= 4 is 11.8 Å². The van der Waals surface area contributed by atoms with Crippen molar-refractivity contribution in [3.05, 3.63) is 30.1 Å². The number of hydrogen-bond donors (Lipinski definition) is 1. The normalized spacial score (nSPS) is 10.0. The van der Waals surface area contributed by atoms with Gasteiger partial charge in [-0.15, -0.1) is 5.10 Å². The zero-order valence-corrected chi connectivity index (χ0v) is 11.1. The van der Waals surface area contributed by atoms with Crippen LogP contribution in [0.25, 0.3) is 11.4 Å². The average Bonchev–Trinajstić information content (AvgIpc) is 2.88. The van der Waals surface area contributed by atoms with Gasteiger partial charge in [-0.3, -0.25) is 5.10 Å². The van der Waals surface area contributed by atoms with E-state index in [1.807, 2.05) is 0 Å². The summed E-state index contributed by atoms with van der Waals surface area (Å²) in [5.41, 5.74) is 0.410. The fourth-order valence-electron chi connectivity index (χ4n) is 1.36. The number of nitrogens with one attached hydrogen (secondary N) is 1. The summed E-state index contributed by atoms with van der Waals surface area (Å²) >= 11 is 1.39. The third-order valence-electron chi connectivity index (χ3n) is 2.21. The molecule has 2 rings (SSSR count). The molecule has 2 aromatic rings. The van der Waals surface area contributed by atoms with Gasteiger partial charge in [-0.2, -0.15) is 0 Å². The molecule has 1 N–H and O–H groups in total. The summed E-state index contributed by atoms with van der Waals surface area (Å²) in [6.45, 7) is 0.412. The highest BCUT2D eigenvalue weighted by molar-refractivity contribution is 7.99. The van der Waals surface area contributed by atoms with Crippen molar-refractivity contribution in [3.8, 4) is 23.2 Å². The quantitative estimate of drug-likeness (QED) is 0.688. The van der Waals surface area contributed by atoms with Gasteiger partial charge in [0.15, 0.2) is 5.82 Å². The maximum atomic E-state index is 13.5. The maximum Gasteiger partial charge on any atom is 0.209 e. The van der Waals surface area contributed by atoms with Gasteiger partial charge < -0.3 is 4.74 Å². The SMILES string of the molecule is COCC#CCSc1n[nH]c(-c2ccccc2F)n1. The summed E-state index contributed by atoms with van der Waals surface area (Å²) in [6, 6.07) is 6.43. The minimum atomic E-state index is -0.324. The summed E-state index contributed by atoms with van der Waals surface area (Å²) in [5.74, 6) is 6.41. The predicted octanol–water partition coefficient (Wildman–Crippen LogP) is 2.35. The van der Waals surface area contributed by atoms with Crippen LogP contribution in [0.3, 0.4) is 0 Å². The van der Waals surface area contributed by atoms with E-state index in [1.165, 1.54) is 17.8 Å². The minimum Gasteiger partial charge on any atom is -0.372 e. The van der Waals surface area contributed by atoms with Gasteiger partial charge in [-0.25, -0.2) is 9.37 Å². The lowest BCUT2D eigenvalue weighted by Crippen LogP contribution is -1.85. The van der Waals surface area contributed by atoms with Crippen LogP contribution in [0.4, 0.5) is 4.39 Å². The van der Waals surface area contributed by atoms with Crippen LogP contribution in [0.5, 0.6) is 0 Å². The summed E-state index contributed by atoms with van der Waals surface area (Å²) in [7, 11) is 1.60. The molecular formula is C13H12FN3OS. The first kappa shape index (κ1) is 13.6. The molecule has 0 saturated heterocycles. The molecule has 0 amide bonds. The number of ether oxygens (including phenoxy) is 1. The molecule has 0 fully saturated rings. The molecule has 6 heteroatoms. The van der Waals surface area contributed by atoms with E-state index in [1.54, 1.807) is 25.3 Å². The van der Waals surface area contributed by atoms with Gasteiger partial charge in [0.1, 0.15) is 12.4 Å². The number of benzene rings is 1. The number of aromatic amines is 1. The average molecular weight is 277 g/mol. The van der Waals surface area contributed by atoms with E-state index in [0.717, 1.165) is 0 Å². The van der Waals surface area contributed by atoms with E-state index in [9.17, 15) is 4.39 Å². The van der Waals surface area contributed by atoms with E-state index in [0.29, 0.717) is 28.9 Å². The fraction of sp³-hybridized carbons (Fsp3) is 0.231. The van der Waals surface area contributed by atoms with Crippen LogP contribution < -0.4 is 0 Å². The topological polar surface area (TPSA) is 50.8 Å². The first-order valence-electron chi connectivity index (χ1n) is 5.56. The lowest BCUT2D eigenvalue weighted by molar-refractivity contribution is 0.240. The van der Waals surface area contributed by atoms with Gasteiger partial charge in [0.2, 0.25) is 5.16 Å². The molecule has 0 saturated carbocycles. The number of aromatic nitrogens is 3. The maximum absolute atomic E-state index is 13.5. The highest BCUT2D eigenvalue weighted by Gasteiger charge is 2.09. The van der Waals surface area contributed by atoms with Gasteiger partial charge in [0.25, 0.3) is 0 Å². The van der Waals surface area contributed by atoms with E-state index in [-0.39, 0.29) is 5.82 Å². The lowest BCUT2D eigenvalue weighted by atomic mass is 10.2. The third-order valence-corrected chi connectivity index (χ3v) is 2.94. The van der Waals surface area contributed by atoms with Crippen molar-refractivity contribution < 1.29 is 9.13 Å². The molecule has 0 radical (unpaired) electrons. The Morgan fingerprint density at radius 3 is 3.00 bits per heavy atom. The van der Waals surface area contributed by atoms with Crippen LogP contribution in [0.1, 0.15) is 0 Å². The van der Waals surface area contributed by atoms with Gasteiger partial charge >= 0.3 is 0 Å². The number of rotatable bonds is 4. The number of thioether (sulfide) groups is 1. The fourth-order valence-corrected chi connectivity index (χ4v) is 1.93. The van der Waals surface area contributed by atoms with Gasteiger partial charge in [-0.05, 0) is 12.1 Å². The van der Waals surface area contributed by atoms with Crippen molar-refractivity contribution in [2.75, 3.05) is 19.5 Å². The van der Waals surface area contributed by atoms with Crippen LogP contribution in [0.2, 0.25) is 0 Å². The Hall–Kier alpha value is -1.84. The van der Waals surface area contributed by atoms with Crippen LogP contribution in [0.15, 0.2) is 29.4 Å². The first-order valence-corrected chi connectivity index (χ1v) is 6.54. The van der Waals surface area contributed by atoms with Crippen molar-refractivity contribution in [2.45, 2.75) is 5.16 Å². The Morgan fingerprint density at radius 1 is 1.37 bits per heavy atom. The third kappa shape index (κ3) is 3.81. The molecule has 4 nitrogen and oxygen atoms in total. The highest BCUT2D eigenvalue weighted by Crippen LogP contribution is 2.21. The monoisotopic (exact) mass is 277 g/mol. The summed E-state index contributed by atoms with van der Waals surface area (Å²) in [6.07, 6.45) is 0. The number of hydrogen-bond acceptors (Lipinski definition) is 4. The molecule has 0 spiro atoms. The van der Waals surface area contributed by atoms with E-state index in [2.05, 4.69) is 27.0 Å². The van der Waals surface area contributed by atoms with Crippen LogP contribution in [-0.4, -0.2) is 34.7 Å². The predicted molar refractivity (Wildman–Crippen MR) is 72.2 cm³/mol. The van der Waals surface area contributed by atoms with Crippen LogP contribution in [-0.2, 0) is 4.74 Å². The Balaban J connectivity index is 2.00.